The Kier molecular flexibility index (Phi) is 6.32. The highest BCUT2D eigenvalue weighted by Crippen LogP contribution is 2.35. The van der Waals surface area contributed by atoms with E-state index < -0.39 is 35.4 Å². The lowest BCUT2D eigenvalue weighted by Gasteiger charge is -2.32. The van der Waals surface area contributed by atoms with Crippen molar-refractivity contribution in [2.45, 2.75) is 43.6 Å². The van der Waals surface area contributed by atoms with Gasteiger partial charge in [0.05, 0.1) is 0 Å². The fourth-order valence-corrected chi connectivity index (χ4v) is 4.42. The Hall–Kier alpha value is -1.95. The molecule has 160 valence electrons. The van der Waals surface area contributed by atoms with Crippen molar-refractivity contribution in [1.29, 1.82) is 0 Å². The van der Waals surface area contributed by atoms with Gasteiger partial charge in [-0.25, -0.2) is 0 Å². The van der Waals surface area contributed by atoms with Crippen LogP contribution in [-0.4, -0.2) is 77.9 Å². The smallest absolute Gasteiger partial charge is 0.451 e. The van der Waals surface area contributed by atoms with Gasteiger partial charge in [0.25, 0.3) is 10.9 Å². The number of carboxylic acid groups (broad SMARTS) is 1. The number of nitrogens with one attached hydrogen (secondary N) is 1. The Bertz CT molecular complexity index is 818. The fraction of sp³-hybridized carbons (Fsp3) is 0.722. The molecule has 11 heteroatoms. The van der Waals surface area contributed by atoms with E-state index in [0.717, 1.165) is 25.9 Å². The number of rotatable bonds is 8. The first-order valence-corrected chi connectivity index (χ1v) is 10.0. The third-order valence-electron chi connectivity index (χ3n) is 6.30. The van der Waals surface area contributed by atoms with Crippen molar-refractivity contribution in [3.8, 4) is 0 Å². The number of carboxylic acids is 1. The minimum Gasteiger partial charge on any atom is -0.480 e. The van der Waals surface area contributed by atoms with E-state index in [1.165, 1.54) is 0 Å². The number of nitrogens with two attached hydrogens (primary N) is 1. The van der Waals surface area contributed by atoms with Gasteiger partial charge in [0.15, 0.2) is 0 Å². The van der Waals surface area contributed by atoms with Crippen LogP contribution in [0.2, 0.25) is 6.32 Å². The first-order valence-electron chi connectivity index (χ1n) is 10.0. The van der Waals surface area contributed by atoms with Crippen LogP contribution in [0.1, 0.15) is 25.7 Å². The Labute approximate surface area is 169 Å². The lowest BCUT2D eigenvalue weighted by Crippen LogP contribution is -2.55. The molecule has 0 aliphatic carbocycles. The van der Waals surface area contributed by atoms with Gasteiger partial charge in [-0.3, -0.25) is 14.4 Å². The average Bonchev–Trinajstić information content (AvgIpc) is 2.99. The molecule has 0 unspecified atom stereocenters. The monoisotopic (exact) mass is 408 g/mol. The molecule has 2 saturated heterocycles. The maximum atomic E-state index is 12.3. The minimum atomic E-state index is -1.56. The number of hydrogen-bond donors (Lipinski definition) is 5. The van der Waals surface area contributed by atoms with Gasteiger partial charge in [0, 0.05) is 25.0 Å². The Morgan fingerprint density at radius 1 is 1.28 bits per heavy atom. The van der Waals surface area contributed by atoms with Crippen molar-refractivity contribution in [3.63, 3.8) is 0 Å². The Balaban J connectivity index is 1.75. The number of nitrogens with zero attached hydrogens (tertiary/aromatic N) is 2. The molecule has 0 saturated carbocycles. The van der Waals surface area contributed by atoms with Crippen molar-refractivity contribution in [1.82, 2.24) is 4.90 Å². The van der Waals surface area contributed by atoms with Crippen LogP contribution in [-0.2, 0) is 4.79 Å². The van der Waals surface area contributed by atoms with E-state index in [2.05, 4.69) is 10.2 Å². The Morgan fingerprint density at radius 2 is 1.93 bits per heavy atom. The maximum absolute atomic E-state index is 12.3. The molecule has 1 aromatic rings. The summed E-state index contributed by atoms with van der Waals surface area (Å²) in [6, 6.07) is 0.0970. The second-order valence-corrected chi connectivity index (χ2v) is 8.44. The van der Waals surface area contributed by atoms with Crippen molar-refractivity contribution in [3.05, 3.63) is 20.4 Å². The third kappa shape index (κ3) is 4.32. The topological polar surface area (TPSA) is 156 Å². The molecule has 2 aliphatic rings. The standard InChI is InChI=1S/C18H29BN4O6/c1-22-7-4-12(5-8-22)21-13-14(16(25)15(13)24)23-9-11(3-2-6-19(28)29)18(20,10-23)17(26)27/h11-12,21,28-29H,2-10,20H2,1H3,(H,26,27)/t11-,18-/m0/s1. The zero-order chi connectivity index (χ0) is 21.3. The molecule has 10 nitrogen and oxygen atoms in total. The van der Waals surface area contributed by atoms with E-state index in [9.17, 15) is 19.5 Å². The molecule has 1 aromatic carbocycles. The summed E-state index contributed by atoms with van der Waals surface area (Å²) in [6.07, 6.45) is 2.61. The van der Waals surface area contributed by atoms with Gasteiger partial charge >= 0.3 is 13.1 Å². The molecular formula is C18H29BN4O6. The predicted octanol–water partition coefficient (Wildman–Crippen LogP) is -1.74. The molecule has 0 bridgehead atoms. The van der Waals surface area contributed by atoms with E-state index in [1.807, 2.05) is 7.05 Å². The highest BCUT2D eigenvalue weighted by Gasteiger charge is 2.51. The summed E-state index contributed by atoms with van der Waals surface area (Å²) >= 11 is 0. The van der Waals surface area contributed by atoms with Crippen LogP contribution in [0.15, 0.2) is 9.59 Å². The van der Waals surface area contributed by atoms with Gasteiger partial charge in [0.1, 0.15) is 16.9 Å². The van der Waals surface area contributed by atoms with Gasteiger partial charge < -0.3 is 36.0 Å². The second-order valence-electron chi connectivity index (χ2n) is 8.44. The highest BCUT2D eigenvalue weighted by atomic mass is 16.4. The molecule has 2 fully saturated rings. The summed E-state index contributed by atoms with van der Waals surface area (Å²) in [5.74, 6) is -1.64. The summed E-state index contributed by atoms with van der Waals surface area (Å²) in [5, 5.41) is 30.9. The summed E-state index contributed by atoms with van der Waals surface area (Å²) in [4.78, 5) is 40.1. The zero-order valence-corrected chi connectivity index (χ0v) is 16.6. The van der Waals surface area contributed by atoms with E-state index in [1.54, 1.807) is 4.90 Å². The number of anilines is 2. The van der Waals surface area contributed by atoms with Crippen LogP contribution in [0.4, 0.5) is 11.4 Å². The quantitative estimate of drug-likeness (QED) is 0.247. The molecule has 0 radical (unpaired) electrons. The number of likely N-dealkylation sites (tertiary alicyclic amines) is 1. The largest absolute Gasteiger partial charge is 0.480 e. The molecule has 0 amide bonds. The third-order valence-corrected chi connectivity index (χ3v) is 6.30. The summed E-state index contributed by atoms with van der Waals surface area (Å²) in [6.45, 7) is 1.96. The van der Waals surface area contributed by atoms with Crippen LogP contribution in [0, 0.1) is 5.92 Å². The van der Waals surface area contributed by atoms with Gasteiger partial charge in [0.2, 0.25) is 0 Å². The van der Waals surface area contributed by atoms with Crippen LogP contribution in [0.5, 0.6) is 0 Å². The number of carbonyl (C=O) groups is 1. The van der Waals surface area contributed by atoms with E-state index in [4.69, 9.17) is 15.8 Å². The lowest BCUT2D eigenvalue weighted by molar-refractivity contribution is -0.144. The van der Waals surface area contributed by atoms with Gasteiger partial charge in [-0.15, -0.1) is 0 Å². The van der Waals surface area contributed by atoms with Crippen LogP contribution < -0.4 is 26.8 Å². The zero-order valence-electron chi connectivity index (χ0n) is 16.6. The normalized spacial score (nSPS) is 26.2. The lowest BCUT2D eigenvalue weighted by atomic mass is 9.78. The van der Waals surface area contributed by atoms with Crippen molar-refractivity contribution >= 4 is 24.5 Å². The number of aliphatic carboxylic acids is 1. The first kappa shape index (κ1) is 21.8. The second kappa shape index (κ2) is 8.43. The molecule has 3 rings (SSSR count). The molecule has 2 atom stereocenters. The summed E-state index contributed by atoms with van der Waals surface area (Å²) in [7, 11) is 0.578. The van der Waals surface area contributed by atoms with Crippen molar-refractivity contribution in [2.24, 2.45) is 11.7 Å². The highest BCUT2D eigenvalue weighted by molar-refractivity contribution is 6.40. The molecule has 0 aromatic heterocycles. The maximum Gasteiger partial charge on any atom is 0.451 e. The number of piperidine rings is 1. The number of hydrogen-bond acceptors (Lipinski definition) is 9. The summed E-state index contributed by atoms with van der Waals surface area (Å²) < 4.78 is 0. The minimum absolute atomic E-state index is 0.0678. The predicted molar refractivity (Wildman–Crippen MR) is 110 cm³/mol. The van der Waals surface area contributed by atoms with Crippen LogP contribution in [0.25, 0.3) is 0 Å². The molecule has 2 heterocycles. The van der Waals surface area contributed by atoms with E-state index in [0.29, 0.717) is 12.8 Å². The summed E-state index contributed by atoms with van der Waals surface area (Å²) in [5.41, 5.74) is 3.94. The molecule has 29 heavy (non-hydrogen) atoms. The SMILES string of the molecule is CN1CCC(Nc2c(N3C[C@H](CCCB(O)O)[C@](N)(C(=O)O)C3)c(=O)c2=O)CC1. The van der Waals surface area contributed by atoms with Gasteiger partial charge in [-0.2, -0.15) is 0 Å². The average molecular weight is 408 g/mol. The van der Waals surface area contributed by atoms with Crippen LogP contribution in [0.3, 0.4) is 0 Å². The van der Waals surface area contributed by atoms with E-state index >= 15 is 0 Å². The van der Waals surface area contributed by atoms with Crippen LogP contribution >= 0.6 is 0 Å². The first-order chi connectivity index (χ1) is 13.6. The van der Waals surface area contributed by atoms with Crippen molar-refractivity contribution in [2.75, 3.05) is 43.4 Å². The molecule has 2 aliphatic heterocycles. The van der Waals surface area contributed by atoms with Gasteiger partial charge in [-0.1, -0.05) is 6.42 Å². The van der Waals surface area contributed by atoms with Crippen molar-refractivity contribution < 1.29 is 19.9 Å². The molecule has 6 N–H and O–H groups in total. The molecule has 0 spiro atoms. The van der Waals surface area contributed by atoms with E-state index in [-0.39, 0.29) is 36.8 Å². The fourth-order valence-electron chi connectivity index (χ4n) is 4.42. The van der Waals surface area contributed by atoms with Gasteiger partial charge in [-0.05, 0) is 45.7 Å². The molecular weight excluding hydrogens is 379 g/mol. The Morgan fingerprint density at radius 3 is 2.52 bits per heavy atom.